The zero-order chi connectivity index (χ0) is 13.6. The summed E-state index contributed by atoms with van der Waals surface area (Å²) in [6, 6.07) is 10.8. The number of aryl methyl sites for hydroxylation is 1. The molecule has 3 heteroatoms. The van der Waals surface area contributed by atoms with Crippen molar-refractivity contribution in [3.05, 3.63) is 54.1 Å². The summed E-state index contributed by atoms with van der Waals surface area (Å²) in [5.74, 6) is 0.829. The van der Waals surface area contributed by atoms with E-state index in [1.807, 2.05) is 6.20 Å². The van der Waals surface area contributed by atoms with Gasteiger partial charge in [-0.2, -0.15) is 0 Å². The molecule has 1 aromatic heterocycles. The van der Waals surface area contributed by atoms with Crippen LogP contribution in [0.3, 0.4) is 0 Å². The van der Waals surface area contributed by atoms with Gasteiger partial charge in [0.25, 0.3) is 0 Å². The Labute approximate surface area is 121 Å². The first-order chi connectivity index (χ1) is 9.90. The van der Waals surface area contributed by atoms with E-state index < -0.39 is 0 Å². The Balaban J connectivity index is 1.49. The van der Waals surface area contributed by atoms with Gasteiger partial charge in [-0.1, -0.05) is 30.3 Å². The van der Waals surface area contributed by atoms with E-state index in [2.05, 4.69) is 45.2 Å². The van der Waals surface area contributed by atoms with E-state index in [0.717, 1.165) is 18.9 Å². The summed E-state index contributed by atoms with van der Waals surface area (Å²) >= 11 is 0. The third kappa shape index (κ3) is 3.70. The summed E-state index contributed by atoms with van der Waals surface area (Å²) in [5, 5.41) is 0. The summed E-state index contributed by atoms with van der Waals surface area (Å²) in [5.41, 5.74) is 2.70. The van der Waals surface area contributed by atoms with E-state index in [9.17, 15) is 0 Å². The van der Waals surface area contributed by atoms with Crippen molar-refractivity contribution in [1.82, 2.24) is 14.9 Å². The van der Waals surface area contributed by atoms with Crippen molar-refractivity contribution in [2.75, 3.05) is 13.1 Å². The molecule has 2 aromatic rings. The van der Waals surface area contributed by atoms with Gasteiger partial charge in [-0.25, -0.2) is 4.98 Å². The number of hydrogen-bond acceptors (Lipinski definition) is 2. The van der Waals surface area contributed by atoms with Crippen molar-refractivity contribution in [3.63, 3.8) is 0 Å². The summed E-state index contributed by atoms with van der Waals surface area (Å²) in [4.78, 5) is 9.90. The fourth-order valence-electron chi connectivity index (χ4n) is 3.15. The largest absolute Gasteiger partial charge is 0.348 e. The summed E-state index contributed by atoms with van der Waals surface area (Å²) in [7, 11) is 0. The summed E-state index contributed by atoms with van der Waals surface area (Å²) < 4.78 is 0. The van der Waals surface area contributed by atoms with Gasteiger partial charge in [-0.15, -0.1) is 0 Å². The minimum Gasteiger partial charge on any atom is -0.348 e. The minimum atomic E-state index is 0.829. The zero-order valence-corrected chi connectivity index (χ0v) is 12.0. The highest BCUT2D eigenvalue weighted by Crippen LogP contribution is 2.22. The SMILES string of the molecule is c1ccc(CN2CCC[C@@H](CCc3cnc[nH]3)C2)cc1. The van der Waals surface area contributed by atoms with Crippen LogP contribution in [0.15, 0.2) is 42.9 Å². The molecule has 0 spiro atoms. The average molecular weight is 269 g/mol. The van der Waals surface area contributed by atoms with Gasteiger partial charge in [0.15, 0.2) is 0 Å². The molecular formula is C17H23N3. The molecular weight excluding hydrogens is 246 g/mol. The smallest absolute Gasteiger partial charge is 0.0921 e. The summed E-state index contributed by atoms with van der Waals surface area (Å²) in [6.07, 6.45) is 8.83. The van der Waals surface area contributed by atoms with E-state index in [1.54, 1.807) is 6.33 Å². The lowest BCUT2D eigenvalue weighted by Crippen LogP contribution is -2.35. The van der Waals surface area contributed by atoms with Crippen LogP contribution in [0.2, 0.25) is 0 Å². The van der Waals surface area contributed by atoms with Crippen molar-refractivity contribution in [2.24, 2.45) is 5.92 Å². The molecule has 1 saturated heterocycles. The molecule has 0 saturated carbocycles. The number of aromatic nitrogens is 2. The van der Waals surface area contributed by atoms with Gasteiger partial charge in [-0.3, -0.25) is 4.90 Å². The molecule has 0 amide bonds. The number of rotatable bonds is 5. The predicted molar refractivity (Wildman–Crippen MR) is 81.4 cm³/mol. The minimum absolute atomic E-state index is 0.829. The van der Waals surface area contributed by atoms with Crippen LogP contribution >= 0.6 is 0 Å². The number of hydrogen-bond donors (Lipinski definition) is 1. The maximum Gasteiger partial charge on any atom is 0.0921 e. The first-order valence-electron chi connectivity index (χ1n) is 7.63. The van der Waals surface area contributed by atoms with Crippen molar-refractivity contribution in [2.45, 2.75) is 32.2 Å². The number of benzene rings is 1. The molecule has 0 unspecified atom stereocenters. The molecule has 2 heterocycles. The van der Waals surface area contributed by atoms with Gasteiger partial charge in [0, 0.05) is 25.0 Å². The van der Waals surface area contributed by atoms with Crippen LogP contribution < -0.4 is 0 Å². The Bertz CT molecular complexity index is 492. The molecule has 3 rings (SSSR count). The van der Waals surface area contributed by atoms with Crippen LogP contribution in [0.5, 0.6) is 0 Å². The third-order valence-electron chi connectivity index (χ3n) is 4.23. The molecule has 1 aromatic carbocycles. The lowest BCUT2D eigenvalue weighted by molar-refractivity contribution is 0.161. The van der Waals surface area contributed by atoms with E-state index in [0.29, 0.717) is 0 Å². The van der Waals surface area contributed by atoms with Gasteiger partial charge < -0.3 is 4.98 Å². The molecule has 1 aliphatic heterocycles. The normalized spacial score (nSPS) is 20.1. The highest BCUT2D eigenvalue weighted by atomic mass is 15.1. The number of aromatic amines is 1. The first-order valence-corrected chi connectivity index (χ1v) is 7.63. The second-order valence-corrected chi connectivity index (χ2v) is 5.84. The molecule has 1 atom stereocenters. The van der Waals surface area contributed by atoms with E-state index in [1.165, 1.54) is 43.6 Å². The lowest BCUT2D eigenvalue weighted by atomic mass is 9.92. The first kappa shape index (κ1) is 13.4. The number of piperidine rings is 1. The quantitative estimate of drug-likeness (QED) is 0.903. The van der Waals surface area contributed by atoms with Crippen LogP contribution in [-0.4, -0.2) is 28.0 Å². The van der Waals surface area contributed by atoms with E-state index in [-0.39, 0.29) is 0 Å². The Morgan fingerprint density at radius 2 is 2.15 bits per heavy atom. The molecule has 0 radical (unpaired) electrons. The topological polar surface area (TPSA) is 31.9 Å². The van der Waals surface area contributed by atoms with Crippen molar-refractivity contribution in [3.8, 4) is 0 Å². The highest BCUT2D eigenvalue weighted by Gasteiger charge is 2.19. The predicted octanol–water partition coefficient (Wildman–Crippen LogP) is 3.25. The third-order valence-corrected chi connectivity index (χ3v) is 4.23. The van der Waals surface area contributed by atoms with Crippen LogP contribution in [-0.2, 0) is 13.0 Å². The van der Waals surface area contributed by atoms with Crippen molar-refractivity contribution in [1.29, 1.82) is 0 Å². The number of likely N-dealkylation sites (tertiary alicyclic amines) is 1. The fourth-order valence-corrected chi connectivity index (χ4v) is 3.15. The fraction of sp³-hybridized carbons (Fsp3) is 0.471. The van der Waals surface area contributed by atoms with Crippen LogP contribution in [0.1, 0.15) is 30.5 Å². The molecule has 0 bridgehead atoms. The van der Waals surface area contributed by atoms with Gasteiger partial charge in [0.1, 0.15) is 0 Å². The second-order valence-electron chi connectivity index (χ2n) is 5.84. The van der Waals surface area contributed by atoms with Gasteiger partial charge in [0.05, 0.1) is 6.33 Å². The number of H-pyrrole nitrogens is 1. The molecule has 1 N–H and O–H groups in total. The van der Waals surface area contributed by atoms with Crippen molar-refractivity contribution >= 4 is 0 Å². The Kier molecular flexibility index (Phi) is 4.49. The molecule has 3 nitrogen and oxygen atoms in total. The molecule has 1 aliphatic rings. The Morgan fingerprint density at radius 3 is 2.95 bits per heavy atom. The monoisotopic (exact) mass is 269 g/mol. The van der Waals surface area contributed by atoms with Crippen LogP contribution in [0.4, 0.5) is 0 Å². The Morgan fingerprint density at radius 1 is 1.25 bits per heavy atom. The maximum atomic E-state index is 4.09. The number of nitrogens with zero attached hydrogens (tertiary/aromatic N) is 2. The highest BCUT2D eigenvalue weighted by molar-refractivity contribution is 5.14. The van der Waals surface area contributed by atoms with E-state index in [4.69, 9.17) is 0 Å². The number of imidazole rings is 1. The lowest BCUT2D eigenvalue weighted by Gasteiger charge is -2.32. The molecule has 106 valence electrons. The molecule has 0 aliphatic carbocycles. The van der Waals surface area contributed by atoms with E-state index >= 15 is 0 Å². The van der Waals surface area contributed by atoms with Gasteiger partial charge in [-0.05, 0) is 43.7 Å². The van der Waals surface area contributed by atoms with Gasteiger partial charge in [0.2, 0.25) is 0 Å². The summed E-state index contributed by atoms with van der Waals surface area (Å²) in [6.45, 7) is 3.58. The standard InChI is InChI=1S/C17H23N3/c1-2-5-15(6-3-1)12-20-10-4-7-16(13-20)8-9-17-11-18-14-19-17/h1-3,5-6,11,14,16H,4,7-10,12-13H2,(H,18,19)/t16-/m0/s1. The zero-order valence-electron chi connectivity index (χ0n) is 12.0. The molecule has 1 fully saturated rings. The maximum absolute atomic E-state index is 4.09. The van der Waals surface area contributed by atoms with Crippen LogP contribution in [0.25, 0.3) is 0 Å². The van der Waals surface area contributed by atoms with Crippen LogP contribution in [0, 0.1) is 5.92 Å². The molecule has 20 heavy (non-hydrogen) atoms. The Hall–Kier alpha value is -1.61. The number of nitrogens with one attached hydrogen (secondary N) is 1. The van der Waals surface area contributed by atoms with Crippen molar-refractivity contribution < 1.29 is 0 Å². The average Bonchev–Trinajstić information content (AvgIpc) is 3.00. The van der Waals surface area contributed by atoms with Gasteiger partial charge >= 0.3 is 0 Å². The second kappa shape index (κ2) is 6.71.